The van der Waals surface area contributed by atoms with Gasteiger partial charge in [0, 0.05) is 49.7 Å². The molecule has 0 aliphatic carbocycles. The Morgan fingerprint density at radius 3 is 1.46 bits per heavy atom. The number of aromatic nitrogens is 1. The predicted octanol–water partition coefficient (Wildman–Crippen LogP) is 18.0. The molecule has 0 amide bonds. The van der Waals surface area contributed by atoms with Gasteiger partial charge in [-0.2, -0.15) is 0 Å². The maximum absolute atomic E-state index is 6.84. The van der Waals surface area contributed by atoms with Crippen LogP contribution in [0.4, 0.5) is 17.1 Å². The molecule has 0 radical (unpaired) electrons. The summed E-state index contributed by atoms with van der Waals surface area (Å²) in [5.74, 6) is 0. The summed E-state index contributed by atoms with van der Waals surface area (Å²) >= 11 is 0. The van der Waals surface area contributed by atoms with Gasteiger partial charge in [-0.25, -0.2) is 0 Å². The molecule has 0 aliphatic heterocycles. The van der Waals surface area contributed by atoms with Gasteiger partial charge >= 0.3 is 0 Å². The first kappa shape index (κ1) is 38.5. The third-order valence-corrected chi connectivity index (χ3v) is 13.4. The minimum atomic E-state index is 0.872. The summed E-state index contributed by atoms with van der Waals surface area (Å²) in [6, 6.07) is 91.9. The van der Waals surface area contributed by atoms with Crippen LogP contribution in [0.15, 0.2) is 259 Å². The lowest BCUT2D eigenvalue weighted by molar-refractivity contribution is 0.670. The van der Waals surface area contributed by atoms with E-state index < -0.39 is 0 Å². The Balaban J connectivity index is 1.07. The van der Waals surface area contributed by atoms with Crippen molar-refractivity contribution in [3.63, 3.8) is 0 Å². The van der Waals surface area contributed by atoms with Crippen molar-refractivity contribution >= 4 is 71.6 Å². The molecule has 0 N–H and O–H groups in total. The molecule has 11 aromatic carbocycles. The van der Waals surface area contributed by atoms with Crippen molar-refractivity contribution in [2.75, 3.05) is 4.90 Å². The van der Waals surface area contributed by atoms with E-state index in [9.17, 15) is 0 Å². The lowest BCUT2D eigenvalue weighted by Crippen LogP contribution is -2.11. The molecule has 13 aromatic rings. The molecule has 3 nitrogen and oxygen atoms in total. The van der Waals surface area contributed by atoms with E-state index >= 15 is 0 Å². The Kier molecular flexibility index (Phi) is 9.17. The normalized spacial score (nSPS) is 11.6. The average molecular weight is 855 g/mol. The van der Waals surface area contributed by atoms with Gasteiger partial charge in [0.2, 0.25) is 0 Å². The van der Waals surface area contributed by atoms with E-state index in [2.05, 4.69) is 258 Å². The number of anilines is 3. The fourth-order valence-electron chi connectivity index (χ4n) is 10.3. The molecule has 0 spiro atoms. The molecule has 0 atom stereocenters. The van der Waals surface area contributed by atoms with E-state index in [-0.39, 0.29) is 0 Å². The molecule has 0 bridgehead atoms. The summed E-state index contributed by atoms with van der Waals surface area (Å²) in [6.45, 7) is 0. The molecule has 0 saturated heterocycles. The van der Waals surface area contributed by atoms with E-state index in [4.69, 9.17) is 4.42 Å². The van der Waals surface area contributed by atoms with Crippen LogP contribution in [0.5, 0.6) is 0 Å². The van der Waals surface area contributed by atoms with E-state index in [0.29, 0.717) is 0 Å². The molecule has 314 valence electrons. The van der Waals surface area contributed by atoms with Gasteiger partial charge < -0.3 is 13.9 Å². The quantitative estimate of drug-likeness (QED) is 0.152. The Labute approximate surface area is 388 Å². The largest absolute Gasteiger partial charge is 0.455 e. The maximum atomic E-state index is 6.84. The van der Waals surface area contributed by atoms with Crippen LogP contribution in [0.2, 0.25) is 0 Å². The van der Waals surface area contributed by atoms with Gasteiger partial charge in [-0.1, -0.05) is 194 Å². The second-order valence-corrected chi connectivity index (χ2v) is 17.2. The fraction of sp³-hybridized carbons (Fsp3) is 0. The van der Waals surface area contributed by atoms with Crippen LogP contribution < -0.4 is 4.90 Å². The van der Waals surface area contributed by atoms with Gasteiger partial charge in [0.1, 0.15) is 11.2 Å². The molecule has 0 unspecified atom stereocenters. The number of fused-ring (bicyclic) bond motifs is 7. The first-order valence-electron chi connectivity index (χ1n) is 22.9. The second-order valence-electron chi connectivity index (χ2n) is 17.2. The van der Waals surface area contributed by atoms with Crippen LogP contribution in [0.25, 0.3) is 105 Å². The first-order chi connectivity index (χ1) is 33.2. The highest BCUT2D eigenvalue weighted by Gasteiger charge is 2.25. The number of hydrogen-bond donors (Lipinski definition) is 0. The van der Waals surface area contributed by atoms with Gasteiger partial charge in [-0.3, -0.25) is 0 Å². The Morgan fingerprint density at radius 1 is 0.299 bits per heavy atom. The van der Waals surface area contributed by atoms with E-state index in [1.807, 2.05) is 6.07 Å². The number of benzene rings is 11. The second kappa shape index (κ2) is 16.0. The highest BCUT2D eigenvalue weighted by molar-refractivity contribution is 6.16. The molecule has 13 rings (SSSR count). The van der Waals surface area contributed by atoms with E-state index in [1.165, 1.54) is 43.8 Å². The van der Waals surface area contributed by atoms with Crippen LogP contribution in [0, 0.1) is 0 Å². The van der Waals surface area contributed by atoms with Crippen molar-refractivity contribution in [3.05, 3.63) is 255 Å². The molecule has 67 heavy (non-hydrogen) atoms. The number of rotatable bonds is 8. The summed E-state index contributed by atoms with van der Waals surface area (Å²) in [6.07, 6.45) is 0. The summed E-state index contributed by atoms with van der Waals surface area (Å²) in [5, 5.41) is 7.04. The Hall–Kier alpha value is -8.92. The molecule has 3 heteroatoms. The molecular formula is C64H42N2O. The van der Waals surface area contributed by atoms with Crippen LogP contribution in [0.1, 0.15) is 0 Å². The number of furan rings is 1. The third kappa shape index (κ3) is 6.51. The predicted molar refractivity (Wildman–Crippen MR) is 282 cm³/mol. The van der Waals surface area contributed by atoms with Crippen molar-refractivity contribution in [3.8, 4) is 50.2 Å². The summed E-state index contributed by atoms with van der Waals surface area (Å²) in [7, 11) is 0. The maximum Gasteiger partial charge on any atom is 0.143 e. The fourth-order valence-corrected chi connectivity index (χ4v) is 10.3. The molecular weight excluding hydrogens is 813 g/mol. The topological polar surface area (TPSA) is 21.3 Å². The molecule has 0 aliphatic rings. The van der Waals surface area contributed by atoms with Crippen LogP contribution >= 0.6 is 0 Å². The average Bonchev–Trinajstić information content (AvgIpc) is 3.95. The lowest BCUT2D eigenvalue weighted by atomic mass is 9.93. The van der Waals surface area contributed by atoms with Crippen molar-refractivity contribution in [1.29, 1.82) is 0 Å². The van der Waals surface area contributed by atoms with E-state index in [0.717, 1.165) is 78.0 Å². The summed E-state index contributed by atoms with van der Waals surface area (Å²) in [5.41, 5.74) is 17.5. The van der Waals surface area contributed by atoms with Crippen LogP contribution in [-0.2, 0) is 0 Å². The van der Waals surface area contributed by atoms with Crippen molar-refractivity contribution in [2.45, 2.75) is 0 Å². The zero-order valence-electron chi connectivity index (χ0n) is 36.6. The standard InChI is InChI=1S/C64H42N2O/c1-4-17-43(18-5-1)44-33-37-48(38-34-44)65(49-39-35-46(36-40-49)51-26-15-27-52-50(25-14-28-53(51)52)45-19-6-2-7-20-45)61-42-62-58(54-23-10-12-31-60(54)66(62)47-21-8-3-9-22-47)41-59(61)57-30-16-29-56-55-24-11-13-32-63(55)67-64(56)57/h1-42H. The number of nitrogens with zero attached hydrogens (tertiary/aromatic N) is 2. The molecule has 0 fully saturated rings. The minimum Gasteiger partial charge on any atom is -0.455 e. The van der Waals surface area contributed by atoms with Gasteiger partial charge in [0.15, 0.2) is 0 Å². The van der Waals surface area contributed by atoms with Gasteiger partial charge in [0.05, 0.1) is 16.7 Å². The lowest BCUT2D eigenvalue weighted by Gasteiger charge is -2.29. The van der Waals surface area contributed by atoms with E-state index in [1.54, 1.807) is 0 Å². The number of hydrogen-bond acceptors (Lipinski definition) is 2. The molecule has 2 heterocycles. The van der Waals surface area contributed by atoms with Crippen LogP contribution in [-0.4, -0.2) is 4.57 Å². The SMILES string of the molecule is c1ccc(-c2ccc(N(c3ccc(-c4cccc5c(-c6ccccc6)cccc45)cc3)c3cc4c(cc3-c3cccc5c3oc3ccccc35)c3ccccc3n4-c3ccccc3)cc2)cc1. The first-order valence-corrected chi connectivity index (χ1v) is 22.9. The van der Waals surface area contributed by atoms with Crippen molar-refractivity contribution < 1.29 is 4.42 Å². The zero-order valence-corrected chi connectivity index (χ0v) is 36.6. The summed E-state index contributed by atoms with van der Waals surface area (Å²) < 4.78 is 9.24. The zero-order chi connectivity index (χ0) is 44.3. The van der Waals surface area contributed by atoms with Gasteiger partial charge in [-0.05, 0) is 105 Å². The third-order valence-electron chi connectivity index (χ3n) is 13.4. The molecule has 2 aromatic heterocycles. The van der Waals surface area contributed by atoms with Crippen LogP contribution in [0.3, 0.4) is 0 Å². The highest BCUT2D eigenvalue weighted by Crippen LogP contribution is 2.48. The monoisotopic (exact) mass is 854 g/mol. The van der Waals surface area contributed by atoms with Gasteiger partial charge in [-0.15, -0.1) is 0 Å². The van der Waals surface area contributed by atoms with Crippen molar-refractivity contribution in [2.24, 2.45) is 0 Å². The highest BCUT2D eigenvalue weighted by atomic mass is 16.3. The van der Waals surface area contributed by atoms with Gasteiger partial charge in [0.25, 0.3) is 0 Å². The van der Waals surface area contributed by atoms with Crippen molar-refractivity contribution in [1.82, 2.24) is 4.57 Å². The minimum absolute atomic E-state index is 0.872. The Bertz CT molecular complexity index is 3940. The summed E-state index contributed by atoms with van der Waals surface area (Å²) in [4.78, 5) is 2.43. The number of para-hydroxylation sites is 4. The smallest absolute Gasteiger partial charge is 0.143 e. The Morgan fingerprint density at radius 2 is 0.791 bits per heavy atom. The molecule has 0 saturated carbocycles.